The molecule has 0 aliphatic rings. The fourth-order valence-electron chi connectivity index (χ4n) is 3.07. The average molecular weight is 385 g/mol. The molecule has 7 nitrogen and oxygen atoms in total. The molecule has 0 bridgehead atoms. The molecule has 0 saturated heterocycles. The lowest BCUT2D eigenvalue weighted by Crippen LogP contribution is -2.11. The lowest BCUT2D eigenvalue weighted by molar-refractivity contribution is -0.385. The number of nitro benzene ring substituents is 1. The van der Waals surface area contributed by atoms with Crippen LogP contribution >= 0.6 is 0 Å². The molecule has 0 unspecified atom stereocenters. The number of benzene rings is 1. The van der Waals surface area contributed by atoms with Crippen LogP contribution in [0.25, 0.3) is 5.57 Å². The Balaban J connectivity index is 2.65. The van der Waals surface area contributed by atoms with E-state index >= 15 is 0 Å². The van der Waals surface area contributed by atoms with Gasteiger partial charge in [0.25, 0.3) is 5.69 Å². The minimum absolute atomic E-state index is 0.000500. The number of allylic oxidation sites excluding steroid dienone is 2. The summed E-state index contributed by atoms with van der Waals surface area (Å²) in [5.41, 5.74) is 3.62. The first-order valence-corrected chi connectivity index (χ1v) is 9.40. The van der Waals surface area contributed by atoms with Gasteiger partial charge in [-0.3, -0.25) is 14.9 Å². The summed E-state index contributed by atoms with van der Waals surface area (Å²) in [6.45, 7) is 12.4. The molecule has 0 amide bonds. The van der Waals surface area contributed by atoms with Crippen LogP contribution in [0.4, 0.5) is 5.69 Å². The fourth-order valence-corrected chi connectivity index (χ4v) is 3.07. The number of aryl methyl sites for hydroxylation is 1. The maximum atomic E-state index is 13.3. The molecule has 0 aliphatic heterocycles. The van der Waals surface area contributed by atoms with Crippen LogP contribution in [0.15, 0.2) is 23.9 Å². The lowest BCUT2D eigenvalue weighted by atomic mass is 9.90. The van der Waals surface area contributed by atoms with Crippen molar-refractivity contribution < 1.29 is 14.5 Å². The third-order valence-corrected chi connectivity index (χ3v) is 4.79. The topological polar surface area (TPSA) is 87.3 Å². The molecule has 7 heteroatoms. The molecule has 0 fully saturated rings. The van der Waals surface area contributed by atoms with Gasteiger partial charge in [-0.1, -0.05) is 12.5 Å². The van der Waals surface area contributed by atoms with Gasteiger partial charge in [0.05, 0.1) is 23.3 Å². The number of ketones is 1. The molecule has 0 saturated carbocycles. The second-order valence-corrected chi connectivity index (χ2v) is 6.87. The molecular weight excluding hydrogens is 358 g/mol. The summed E-state index contributed by atoms with van der Waals surface area (Å²) in [5.74, 6) is 0.189. The molecule has 2 aromatic rings. The number of hydrogen-bond acceptors (Lipinski definition) is 5. The predicted molar refractivity (Wildman–Crippen MR) is 109 cm³/mol. The first-order valence-electron chi connectivity index (χ1n) is 9.40. The van der Waals surface area contributed by atoms with Crippen molar-refractivity contribution in [1.29, 1.82) is 0 Å². The second kappa shape index (κ2) is 8.82. The first-order chi connectivity index (χ1) is 13.2. The minimum Gasteiger partial charge on any atom is -0.477 e. The zero-order valence-corrected chi connectivity index (χ0v) is 17.3. The van der Waals surface area contributed by atoms with Gasteiger partial charge in [-0.05, 0) is 58.2 Å². The van der Waals surface area contributed by atoms with Crippen LogP contribution in [0.3, 0.4) is 0 Å². The van der Waals surface area contributed by atoms with Gasteiger partial charge < -0.3 is 4.74 Å². The highest BCUT2D eigenvalue weighted by molar-refractivity contribution is 6.12. The summed E-state index contributed by atoms with van der Waals surface area (Å²) in [7, 11) is 0. The molecule has 0 atom stereocenters. The Morgan fingerprint density at radius 3 is 2.43 bits per heavy atom. The van der Waals surface area contributed by atoms with E-state index in [0.29, 0.717) is 41.3 Å². The number of rotatable bonds is 8. The minimum atomic E-state index is -0.409. The van der Waals surface area contributed by atoms with Gasteiger partial charge in [-0.25, -0.2) is 4.68 Å². The Kier molecular flexibility index (Phi) is 6.72. The second-order valence-electron chi connectivity index (χ2n) is 6.87. The van der Waals surface area contributed by atoms with E-state index in [4.69, 9.17) is 4.74 Å². The SMILES string of the molecule is CCCOc1c(C(=O)c2ccc([N+](=O)[O-])c(C(C)=C(C)C)c2C)cnn1CC. The Morgan fingerprint density at radius 1 is 1.21 bits per heavy atom. The van der Waals surface area contributed by atoms with Crippen molar-refractivity contribution in [2.75, 3.05) is 6.61 Å². The quantitative estimate of drug-likeness (QED) is 0.364. The van der Waals surface area contributed by atoms with Gasteiger partial charge >= 0.3 is 0 Å². The molecular formula is C21H27N3O4. The van der Waals surface area contributed by atoms with Gasteiger partial charge in [0.1, 0.15) is 5.56 Å². The highest BCUT2D eigenvalue weighted by Crippen LogP contribution is 2.34. The van der Waals surface area contributed by atoms with Gasteiger partial charge in [0.2, 0.25) is 5.88 Å². The summed E-state index contributed by atoms with van der Waals surface area (Å²) in [6, 6.07) is 2.92. The normalized spacial score (nSPS) is 10.6. The van der Waals surface area contributed by atoms with Gasteiger partial charge in [0.15, 0.2) is 5.78 Å². The third kappa shape index (κ3) is 3.98. The summed E-state index contributed by atoms with van der Waals surface area (Å²) in [5, 5.41) is 15.8. The van der Waals surface area contributed by atoms with Crippen molar-refractivity contribution in [3.63, 3.8) is 0 Å². The van der Waals surface area contributed by atoms with Crippen molar-refractivity contribution in [2.24, 2.45) is 0 Å². The van der Waals surface area contributed by atoms with Crippen LogP contribution in [-0.2, 0) is 6.54 Å². The molecule has 28 heavy (non-hydrogen) atoms. The molecule has 1 heterocycles. The van der Waals surface area contributed by atoms with Crippen molar-refractivity contribution in [2.45, 2.75) is 54.5 Å². The number of nitrogens with zero attached hydrogens (tertiary/aromatic N) is 3. The number of carbonyl (C=O) groups is 1. The fraction of sp³-hybridized carbons (Fsp3) is 0.429. The average Bonchev–Trinajstić information content (AvgIpc) is 3.07. The maximum Gasteiger partial charge on any atom is 0.277 e. The maximum absolute atomic E-state index is 13.3. The predicted octanol–water partition coefficient (Wildman–Crippen LogP) is 4.95. The van der Waals surface area contributed by atoms with Crippen LogP contribution in [0.5, 0.6) is 5.88 Å². The first kappa shape index (κ1) is 21.3. The van der Waals surface area contributed by atoms with E-state index in [0.717, 1.165) is 17.6 Å². The summed E-state index contributed by atoms with van der Waals surface area (Å²) in [6.07, 6.45) is 2.31. The highest BCUT2D eigenvalue weighted by Gasteiger charge is 2.26. The van der Waals surface area contributed by atoms with Gasteiger partial charge in [-0.2, -0.15) is 5.10 Å². The van der Waals surface area contributed by atoms with E-state index in [2.05, 4.69) is 5.10 Å². The Morgan fingerprint density at radius 2 is 1.89 bits per heavy atom. The van der Waals surface area contributed by atoms with Crippen molar-refractivity contribution in [1.82, 2.24) is 9.78 Å². The van der Waals surface area contributed by atoms with E-state index in [9.17, 15) is 14.9 Å². The van der Waals surface area contributed by atoms with Crippen LogP contribution in [0, 0.1) is 17.0 Å². The smallest absolute Gasteiger partial charge is 0.277 e. The van der Waals surface area contributed by atoms with Crippen LogP contribution in [0.2, 0.25) is 0 Å². The van der Waals surface area contributed by atoms with E-state index < -0.39 is 4.92 Å². The molecule has 0 radical (unpaired) electrons. The van der Waals surface area contributed by atoms with Crippen molar-refractivity contribution in [3.05, 3.63) is 56.3 Å². The van der Waals surface area contributed by atoms with Crippen molar-refractivity contribution >= 4 is 17.0 Å². The van der Waals surface area contributed by atoms with E-state index in [1.807, 2.05) is 34.6 Å². The number of aromatic nitrogens is 2. The monoisotopic (exact) mass is 385 g/mol. The van der Waals surface area contributed by atoms with Crippen molar-refractivity contribution in [3.8, 4) is 5.88 Å². The Bertz CT molecular complexity index is 937. The van der Waals surface area contributed by atoms with Crippen LogP contribution in [-0.4, -0.2) is 27.1 Å². The molecule has 150 valence electrons. The zero-order chi connectivity index (χ0) is 21.0. The van der Waals surface area contributed by atoms with Gasteiger partial charge in [0, 0.05) is 18.2 Å². The lowest BCUT2D eigenvalue weighted by Gasteiger charge is -2.14. The zero-order valence-electron chi connectivity index (χ0n) is 17.3. The Hall–Kier alpha value is -2.96. The van der Waals surface area contributed by atoms with Crippen LogP contribution < -0.4 is 4.74 Å². The van der Waals surface area contributed by atoms with E-state index in [-0.39, 0.29) is 11.5 Å². The summed E-state index contributed by atoms with van der Waals surface area (Å²) >= 11 is 0. The standard InChI is InChI=1S/C21H27N3O4/c1-7-11-28-21-17(12-22-23(21)8-2)20(25)16-9-10-18(24(26)27)19(15(16)6)14(5)13(3)4/h9-10,12H,7-8,11H2,1-6H3. The Labute approximate surface area is 165 Å². The molecule has 1 aromatic carbocycles. The number of carbonyl (C=O) groups excluding carboxylic acids is 1. The highest BCUT2D eigenvalue weighted by atomic mass is 16.6. The third-order valence-electron chi connectivity index (χ3n) is 4.79. The number of nitro groups is 1. The molecule has 0 aliphatic carbocycles. The van der Waals surface area contributed by atoms with E-state index in [1.165, 1.54) is 18.3 Å². The van der Waals surface area contributed by atoms with Crippen LogP contribution in [0.1, 0.15) is 68.1 Å². The molecule has 2 rings (SSSR count). The number of hydrogen-bond donors (Lipinski definition) is 0. The number of ether oxygens (including phenoxy) is 1. The molecule has 1 aromatic heterocycles. The van der Waals surface area contributed by atoms with Gasteiger partial charge in [-0.15, -0.1) is 0 Å². The molecule has 0 spiro atoms. The largest absolute Gasteiger partial charge is 0.477 e. The summed E-state index contributed by atoms with van der Waals surface area (Å²) < 4.78 is 7.42. The molecule has 0 N–H and O–H groups in total. The summed E-state index contributed by atoms with van der Waals surface area (Å²) in [4.78, 5) is 24.4. The van der Waals surface area contributed by atoms with E-state index in [1.54, 1.807) is 11.6 Å².